The van der Waals surface area contributed by atoms with Crippen LogP contribution in [0.3, 0.4) is 0 Å². The van der Waals surface area contributed by atoms with Crippen LogP contribution in [0.5, 0.6) is 0 Å². The molecule has 0 spiro atoms. The van der Waals surface area contributed by atoms with Crippen LogP contribution >= 0.6 is 11.3 Å². The molecule has 7 nitrogen and oxygen atoms in total. The first-order chi connectivity index (χ1) is 12.4. The lowest BCUT2D eigenvalue weighted by Gasteiger charge is -2.17. The van der Waals surface area contributed by atoms with Crippen LogP contribution in [0.15, 0.2) is 41.4 Å². The highest BCUT2D eigenvalue weighted by atomic mass is 32.2. The van der Waals surface area contributed by atoms with Gasteiger partial charge < -0.3 is 4.57 Å². The molecule has 1 aromatic carbocycles. The molecule has 0 radical (unpaired) electrons. The van der Waals surface area contributed by atoms with Crippen molar-refractivity contribution in [2.45, 2.75) is 18.7 Å². The van der Waals surface area contributed by atoms with Crippen LogP contribution in [0, 0.1) is 0 Å². The van der Waals surface area contributed by atoms with Crippen LogP contribution in [-0.2, 0) is 17.1 Å². The predicted molar refractivity (Wildman–Crippen MR) is 103 cm³/mol. The minimum absolute atomic E-state index is 0.109. The first-order valence-electron chi connectivity index (χ1n) is 8.20. The van der Waals surface area contributed by atoms with Gasteiger partial charge in [-0.1, -0.05) is 37.3 Å². The molecule has 2 aromatic heterocycles. The normalized spacial score (nSPS) is 12.0. The predicted octanol–water partition coefficient (Wildman–Crippen LogP) is 2.92. The highest BCUT2D eigenvalue weighted by molar-refractivity contribution is 7.89. The fraction of sp³-hybridized carbons (Fsp3) is 0.294. The van der Waals surface area contributed by atoms with E-state index in [2.05, 4.69) is 10.3 Å². The van der Waals surface area contributed by atoms with Gasteiger partial charge in [-0.25, -0.2) is 13.4 Å². The number of benzene rings is 1. The van der Waals surface area contributed by atoms with Crippen molar-refractivity contribution in [3.63, 3.8) is 0 Å². The number of rotatable bonds is 6. The molecule has 0 bridgehead atoms. The van der Waals surface area contributed by atoms with Gasteiger partial charge in [-0.2, -0.15) is 4.31 Å². The summed E-state index contributed by atoms with van der Waals surface area (Å²) >= 11 is 1.37. The quantitative estimate of drug-likeness (QED) is 0.699. The summed E-state index contributed by atoms with van der Waals surface area (Å²) in [5.41, 5.74) is 1.07. The summed E-state index contributed by atoms with van der Waals surface area (Å²) in [6.45, 7) is 4.32. The van der Waals surface area contributed by atoms with Crippen molar-refractivity contribution in [1.29, 1.82) is 0 Å². The Kier molecular flexibility index (Phi) is 5.12. The number of sulfonamides is 1. The molecular weight excluding hydrogens is 372 g/mol. The fourth-order valence-electron chi connectivity index (χ4n) is 2.70. The first-order valence-corrected chi connectivity index (χ1v) is 10.5. The number of hydrogen-bond acceptors (Lipinski definition) is 5. The Labute approximate surface area is 156 Å². The smallest absolute Gasteiger partial charge is 0.274 e. The van der Waals surface area contributed by atoms with E-state index in [1.807, 2.05) is 24.3 Å². The van der Waals surface area contributed by atoms with E-state index in [-0.39, 0.29) is 10.6 Å². The van der Waals surface area contributed by atoms with Crippen LogP contribution in [0.1, 0.15) is 24.3 Å². The zero-order valence-corrected chi connectivity index (χ0v) is 16.4. The van der Waals surface area contributed by atoms with E-state index in [9.17, 15) is 13.2 Å². The second kappa shape index (κ2) is 7.18. The molecule has 138 valence electrons. The number of para-hydroxylation sites is 1. The third kappa shape index (κ3) is 3.37. The molecule has 1 amide bonds. The number of thiazole rings is 1. The second-order valence-corrected chi connectivity index (χ2v) is 8.67. The molecule has 0 saturated carbocycles. The molecule has 0 fully saturated rings. The van der Waals surface area contributed by atoms with Gasteiger partial charge in [-0.15, -0.1) is 0 Å². The van der Waals surface area contributed by atoms with Crippen molar-refractivity contribution in [2.24, 2.45) is 7.05 Å². The van der Waals surface area contributed by atoms with Gasteiger partial charge in [-0.05, 0) is 18.2 Å². The van der Waals surface area contributed by atoms with Gasteiger partial charge in [0, 0.05) is 26.3 Å². The number of hydrogen-bond donors (Lipinski definition) is 1. The highest BCUT2D eigenvalue weighted by Gasteiger charge is 2.25. The van der Waals surface area contributed by atoms with Gasteiger partial charge in [-0.3, -0.25) is 10.1 Å². The van der Waals surface area contributed by atoms with Crippen molar-refractivity contribution in [3.8, 4) is 0 Å². The van der Waals surface area contributed by atoms with E-state index in [1.165, 1.54) is 32.5 Å². The monoisotopic (exact) mass is 392 g/mol. The largest absolute Gasteiger partial charge is 0.345 e. The highest BCUT2D eigenvalue weighted by Crippen LogP contribution is 2.26. The molecule has 9 heteroatoms. The lowest BCUT2D eigenvalue weighted by molar-refractivity contribution is 0.101. The maximum Gasteiger partial charge on any atom is 0.274 e. The SMILES string of the molecule is CCN(CC)S(=O)(=O)c1cc(C(=O)Nc2nc3ccccc3s2)n(C)c1. The molecule has 3 aromatic rings. The molecule has 0 atom stereocenters. The Bertz CT molecular complexity index is 1020. The number of anilines is 1. The van der Waals surface area contributed by atoms with Gasteiger partial charge >= 0.3 is 0 Å². The Morgan fingerprint density at radius 2 is 1.96 bits per heavy atom. The number of nitrogens with zero attached hydrogens (tertiary/aromatic N) is 3. The first kappa shape index (κ1) is 18.6. The van der Waals surface area contributed by atoms with Crippen LogP contribution in [0.4, 0.5) is 5.13 Å². The summed E-state index contributed by atoms with van der Waals surface area (Å²) in [6.07, 6.45) is 1.46. The number of nitrogens with one attached hydrogen (secondary N) is 1. The number of fused-ring (bicyclic) bond motifs is 1. The van der Waals surface area contributed by atoms with E-state index in [4.69, 9.17) is 0 Å². The van der Waals surface area contributed by atoms with E-state index < -0.39 is 15.9 Å². The molecule has 2 heterocycles. The van der Waals surface area contributed by atoms with E-state index >= 15 is 0 Å². The second-order valence-electron chi connectivity index (χ2n) is 5.70. The summed E-state index contributed by atoms with van der Waals surface area (Å²) in [4.78, 5) is 17.1. The zero-order chi connectivity index (χ0) is 18.9. The topological polar surface area (TPSA) is 84.3 Å². The maximum atomic E-state index is 12.6. The van der Waals surface area contributed by atoms with Gasteiger partial charge in [0.1, 0.15) is 10.6 Å². The van der Waals surface area contributed by atoms with Crippen molar-refractivity contribution in [3.05, 3.63) is 42.2 Å². The molecule has 0 aliphatic heterocycles. The van der Waals surface area contributed by atoms with Crippen LogP contribution in [0.25, 0.3) is 10.2 Å². The molecule has 3 rings (SSSR count). The third-order valence-corrected chi connectivity index (χ3v) is 7.04. The lowest BCUT2D eigenvalue weighted by Crippen LogP contribution is -2.30. The molecule has 0 aliphatic carbocycles. The number of aromatic nitrogens is 2. The maximum absolute atomic E-state index is 12.6. The molecule has 1 N–H and O–H groups in total. The zero-order valence-electron chi connectivity index (χ0n) is 14.8. The number of carbonyl (C=O) groups excluding carboxylic acids is 1. The number of aryl methyl sites for hydroxylation is 1. The molecule has 0 unspecified atom stereocenters. The van der Waals surface area contributed by atoms with Crippen molar-refractivity contribution in [2.75, 3.05) is 18.4 Å². The molecule has 26 heavy (non-hydrogen) atoms. The Morgan fingerprint density at radius 1 is 1.27 bits per heavy atom. The van der Waals surface area contributed by atoms with Crippen molar-refractivity contribution < 1.29 is 13.2 Å². The lowest BCUT2D eigenvalue weighted by atomic mass is 10.3. The van der Waals surface area contributed by atoms with Crippen molar-refractivity contribution >= 4 is 42.6 Å². The summed E-state index contributed by atoms with van der Waals surface area (Å²) < 4.78 is 29.1. The Balaban J connectivity index is 1.87. The van der Waals surface area contributed by atoms with E-state index in [1.54, 1.807) is 20.9 Å². The molecule has 0 aliphatic rings. The van der Waals surface area contributed by atoms with E-state index in [0.717, 1.165) is 10.2 Å². The van der Waals surface area contributed by atoms with E-state index in [0.29, 0.717) is 18.2 Å². The minimum Gasteiger partial charge on any atom is -0.345 e. The Morgan fingerprint density at radius 3 is 2.62 bits per heavy atom. The van der Waals surface area contributed by atoms with Gasteiger partial charge in [0.05, 0.1) is 10.2 Å². The summed E-state index contributed by atoms with van der Waals surface area (Å²) in [5, 5.41) is 3.23. The molecular formula is C17H20N4O3S2. The van der Waals surface area contributed by atoms with Gasteiger partial charge in [0.2, 0.25) is 10.0 Å². The summed E-state index contributed by atoms with van der Waals surface area (Å²) in [7, 11) is -1.96. The number of carbonyl (C=O) groups is 1. The van der Waals surface area contributed by atoms with Gasteiger partial charge in [0.15, 0.2) is 5.13 Å². The average Bonchev–Trinajstić information content (AvgIpc) is 3.18. The summed E-state index contributed by atoms with van der Waals surface area (Å²) in [6, 6.07) is 9.00. The average molecular weight is 393 g/mol. The third-order valence-electron chi connectivity index (χ3n) is 4.07. The van der Waals surface area contributed by atoms with Crippen LogP contribution < -0.4 is 5.32 Å². The standard InChI is InChI=1S/C17H20N4O3S2/c1-4-21(5-2)26(23,24)12-10-14(20(3)11-12)16(22)19-17-18-13-8-6-7-9-15(13)25-17/h6-11H,4-5H2,1-3H3,(H,18,19,22). The van der Waals surface area contributed by atoms with Crippen molar-refractivity contribution in [1.82, 2.24) is 13.9 Å². The van der Waals surface area contributed by atoms with Crippen LogP contribution in [-0.4, -0.2) is 41.3 Å². The Hall–Kier alpha value is -2.23. The van der Waals surface area contributed by atoms with Crippen LogP contribution in [0.2, 0.25) is 0 Å². The van der Waals surface area contributed by atoms with Gasteiger partial charge in [0.25, 0.3) is 5.91 Å². The molecule has 0 saturated heterocycles. The minimum atomic E-state index is -3.61. The number of amides is 1. The summed E-state index contributed by atoms with van der Waals surface area (Å²) in [5.74, 6) is -0.396. The fourth-order valence-corrected chi connectivity index (χ4v) is 5.09.